The first kappa shape index (κ1) is 15.9. The van der Waals surface area contributed by atoms with Gasteiger partial charge in [0.1, 0.15) is 5.82 Å². The van der Waals surface area contributed by atoms with Crippen LogP contribution >= 0.6 is 0 Å². The number of fused-ring (bicyclic) bond motifs is 4. The molecule has 3 aliphatic heterocycles. The second-order valence-corrected chi connectivity index (χ2v) is 6.75. The predicted octanol–water partition coefficient (Wildman–Crippen LogP) is 0.111. The van der Waals surface area contributed by atoms with Crippen molar-refractivity contribution in [2.75, 3.05) is 11.4 Å². The zero-order valence-corrected chi connectivity index (χ0v) is 13.7. The first-order valence-electron chi connectivity index (χ1n) is 8.06. The monoisotopic (exact) mass is 348 g/mol. The highest BCUT2D eigenvalue weighted by molar-refractivity contribution is 6.20. The topological polar surface area (TPSA) is 101 Å². The molecule has 2 fully saturated rings. The highest BCUT2D eigenvalue weighted by Gasteiger charge is 2.63. The Hall–Kier alpha value is -2.55. The van der Waals surface area contributed by atoms with Crippen molar-refractivity contribution in [1.82, 2.24) is 15.6 Å². The number of imide groups is 2. The van der Waals surface area contributed by atoms with Crippen LogP contribution in [0.1, 0.15) is 19.4 Å². The van der Waals surface area contributed by atoms with Crippen LogP contribution in [0.3, 0.4) is 0 Å². The molecule has 1 aromatic rings. The van der Waals surface area contributed by atoms with Crippen molar-refractivity contribution in [3.05, 3.63) is 23.8 Å². The summed E-state index contributed by atoms with van der Waals surface area (Å²) >= 11 is 0. The van der Waals surface area contributed by atoms with Crippen LogP contribution in [0.2, 0.25) is 0 Å². The largest absolute Gasteiger partial charge is 0.372 e. The first-order chi connectivity index (χ1) is 11.8. The number of hydrogen-bond acceptors (Lipinski definition) is 6. The Morgan fingerprint density at radius 2 is 1.92 bits per heavy atom. The number of rotatable bonds is 0. The lowest BCUT2D eigenvalue weighted by atomic mass is 9.67. The minimum Gasteiger partial charge on any atom is -0.372 e. The Kier molecular flexibility index (Phi) is 3.33. The number of anilines is 1. The van der Waals surface area contributed by atoms with E-state index in [0.717, 1.165) is 6.20 Å². The summed E-state index contributed by atoms with van der Waals surface area (Å²) in [5, 5.41) is 4.31. The Balaban J connectivity index is 1.94. The number of amides is 4. The lowest BCUT2D eigenvalue weighted by Crippen LogP contribution is -2.75. The maximum atomic E-state index is 14.4. The maximum Gasteiger partial charge on any atom is 0.328 e. The summed E-state index contributed by atoms with van der Waals surface area (Å²) in [7, 11) is 0. The second-order valence-electron chi connectivity index (χ2n) is 6.75. The fourth-order valence-electron chi connectivity index (χ4n) is 4.29. The fourth-order valence-corrected chi connectivity index (χ4v) is 4.29. The molecule has 0 aromatic carbocycles. The van der Waals surface area contributed by atoms with Gasteiger partial charge in [0.25, 0.3) is 0 Å². The molecule has 3 aliphatic rings. The molecular formula is C16H17FN4O4. The van der Waals surface area contributed by atoms with E-state index in [2.05, 4.69) is 15.6 Å². The van der Waals surface area contributed by atoms with E-state index in [9.17, 15) is 18.8 Å². The van der Waals surface area contributed by atoms with Gasteiger partial charge in [-0.3, -0.25) is 25.2 Å². The van der Waals surface area contributed by atoms with Crippen molar-refractivity contribution in [2.24, 2.45) is 5.41 Å². The van der Waals surface area contributed by atoms with Gasteiger partial charge in [0.15, 0.2) is 5.41 Å². The van der Waals surface area contributed by atoms with Crippen LogP contribution in [0.15, 0.2) is 12.4 Å². The molecule has 2 N–H and O–H groups in total. The highest BCUT2D eigenvalue weighted by atomic mass is 19.1. The quantitative estimate of drug-likeness (QED) is 0.646. The van der Waals surface area contributed by atoms with Crippen LogP contribution < -0.4 is 15.5 Å². The number of barbiturate groups is 1. The molecule has 3 atom stereocenters. The average molecular weight is 348 g/mol. The van der Waals surface area contributed by atoms with Crippen LogP contribution in [0.4, 0.5) is 14.9 Å². The standard InChI is InChI=1S/C16H17FN4O4/c1-7-6-21-11-5-18-4-10(17)9(11)3-16(12(21)8(2)25-7)13(22)19-15(24)20-14(16)23/h4-5,7-8,12H,3,6H2,1-2H3,(H2,19,20,22,23,24)/t7-,8+,12-/m1/s1. The number of carbonyl (C=O) groups is 3. The van der Waals surface area contributed by atoms with Gasteiger partial charge >= 0.3 is 6.03 Å². The summed E-state index contributed by atoms with van der Waals surface area (Å²) < 4.78 is 20.3. The third-order valence-electron chi connectivity index (χ3n) is 5.20. The lowest BCUT2D eigenvalue weighted by molar-refractivity contribution is -0.153. The summed E-state index contributed by atoms with van der Waals surface area (Å²) in [6.45, 7) is 4.01. The SMILES string of the molecule is C[C@@H]1CN2c3cncc(F)c3CC3(C(=O)NC(=O)NC3=O)[C@H]2[C@H](C)O1. The van der Waals surface area contributed by atoms with E-state index in [1.54, 1.807) is 6.92 Å². The molecule has 0 saturated carbocycles. The van der Waals surface area contributed by atoms with Crippen molar-refractivity contribution in [3.8, 4) is 0 Å². The van der Waals surface area contributed by atoms with Gasteiger partial charge in [-0.05, 0) is 13.8 Å². The Bertz CT molecular complexity index is 778. The second kappa shape index (κ2) is 5.22. The Morgan fingerprint density at radius 3 is 2.60 bits per heavy atom. The molecule has 2 saturated heterocycles. The van der Waals surface area contributed by atoms with Crippen molar-refractivity contribution in [1.29, 1.82) is 0 Å². The van der Waals surface area contributed by atoms with Crippen LogP contribution in [-0.2, 0) is 20.7 Å². The minimum absolute atomic E-state index is 0.162. The van der Waals surface area contributed by atoms with Gasteiger partial charge in [0.05, 0.1) is 36.3 Å². The third-order valence-corrected chi connectivity index (χ3v) is 5.20. The van der Waals surface area contributed by atoms with Gasteiger partial charge < -0.3 is 9.64 Å². The number of ether oxygens (including phenoxy) is 1. The smallest absolute Gasteiger partial charge is 0.328 e. The normalized spacial score (nSPS) is 30.4. The van der Waals surface area contributed by atoms with Crippen molar-refractivity contribution in [3.63, 3.8) is 0 Å². The zero-order chi connectivity index (χ0) is 17.9. The molecule has 0 aliphatic carbocycles. The van der Waals surface area contributed by atoms with E-state index in [1.807, 2.05) is 11.8 Å². The zero-order valence-electron chi connectivity index (χ0n) is 13.7. The molecule has 1 spiro atoms. The van der Waals surface area contributed by atoms with E-state index < -0.39 is 41.2 Å². The molecule has 0 unspecified atom stereocenters. The van der Waals surface area contributed by atoms with Crippen molar-refractivity contribution in [2.45, 2.75) is 38.5 Å². The summed E-state index contributed by atoms with van der Waals surface area (Å²) in [5.41, 5.74) is -0.856. The molecule has 0 radical (unpaired) electrons. The van der Waals surface area contributed by atoms with Crippen LogP contribution in [-0.4, -0.2) is 47.6 Å². The van der Waals surface area contributed by atoms with Crippen LogP contribution in [0, 0.1) is 11.2 Å². The maximum absolute atomic E-state index is 14.4. The number of pyridine rings is 1. The molecular weight excluding hydrogens is 331 g/mol. The number of hydrogen-bond donors (Lipinski definition) is 2. The van der Waals surface area contributed by atoms with Gasteiger partial charge in [-0.2, -0.15) is 0 Å². The number of aromatic nitrogens is 1. The van der Waals surface area contributed by atoms with Crippen LogP contribution in [0.5, 0.6) is 0 Å². The van der Waals surface area contributed by atoms with E-state index in [4.69, 9.17) is 4.74 Å². The minimum atomic E-state index is -1.65. The number of nitrogens with zero attached hydrogens (tertiary/aromatic N) is 2. The van der Waals surface area contributed by atoms with Crippen LogP contribution in [0.25, 0.3) is 0 Å². The van der Waals surface area contributed by atoms with Gasteiger partial charge in [0.2, 0.25) is 11.8 Å². The molecule has 9 heteroatoms. The van der Waals surface area contributed by atoms with Crippen molar-refractivity contribution < 1.29 is 23.5 Å². The fraction of sp³-hybridized carbons (Fsp3) is 0.500. The van der Waals surface area contributed by atoms with E-state index in [1.165, 1.54) is 6.20 Å². The van der Waals surface area contributed by atoms with Gasteiger partial charge in [-0.25, -0.2) is 9.18 Å². The van der Waals surface area contributed by atoms with E-state index >= 15 is 0 Å². The number of carbonyl (C=O) groups excluding carboxylic acids is 3. The number of urea groups is 1. The summed E-state index contributed by atoms with van der Waals surface area (Å²) in [4.78, 5) is 42.8. The molecule has 4 heterocycles. The number of morpholine rings is 1. The molecule has 132 valence electrons. The molecule has 4 rings (SSSR count). The Labute approximate surface area is 142 Å². The summed E-state index contributed by atoms with van der Waals surface area (Å²) in [6, 6.07) is -1.54. The lowest BCUT2D eigenvalue weighted by Gasteiger charge is -2.55. The predicted molar refractivity (Wildman–Crippen MR) is 83.2 cm³/mol. The van der Waals surface area contributed by atoms with Crippen molar-refractivity contribution >= 4 is 23.5 Å². The third kappa shape index (κ3) is 2.08. The van der Waals surface area contributed by atoms with E-state index in [-0.39, 0.29) is 18.1 Å². The molecule has 1 aromatic heterocycles. The van der Waals surface area contributed by atoms with Gasteiger partial charge in [-0.1, -0.05) is 0 Å². The van der Waals surface area contributed by atoms with E-state index in [0.29, 0.717) is 12.2 Å². The molecule has 25 heavy (non-hydrogen) atoms. The highest BCUT2D eigenvalue weighted by Crippen LogP contribution is 2.46. The van der Waals surface area contributed by atoms with Gasteiger partial charge in [-0.15, -0.1) is 0 Å². The average Bonchev–Trinajstić information content (AvgIpc) is 2.52. The molecule has 8 nitrogen and oxygen atoms in total. The summed E-state index contributed by atoms with van der Waals surface area (Å²) in [6.07, 6.45) is 1.78. The number of halogens is 1. The summed E-state index contributed by atoms with van der Waals surface area (Å²) in [5.74, 6) is -2.05. The Morgan fingerprint density at radius 1 is 1.24 bits per heavy atom. The first-order valence-corrected chi connectivity index (χ1v) is 8.06. The van der Waals surface area contributed by atoms with Gasteiger partial charge in [0, 0.05) is 18.5 Å². The molecule has 0 bridgehead atoms. The molecule has 4 amide bonds. The number of nitrogens with one attached hydrogen (secondary N) is 2.